The molecule has 0 aliphatic rings. The quantitative estimate of drug-likeness (QED) is 0.809. The number of hydrogen-bond acceptors (Lipinski definition) is 2. The molecule has 0 spiro atoms. The van der Waals surface area contributed by atoms with Gasteiger partial charge in [-0.05, 0) is 18.6 Å². The Morgan fingerprint density at radius 2 is 2.00 bits per heavy atom. The van der Waals surface area contributed by atoms with Gasteiger partial charge in [0.1, 0.15) is 11.9 Å². The molecule has 1 rings (SSSR count). The van der Waals surface area contributed by atoms with E-state index in [9.17, 15) is 4.39 Å². The van der Waals surface area contributed by atoms with Gasteiger partial charge in [0.15, 0.2) is 0 Å². The molecule has 1 aromatic rings. The van der Waals surface area contributed by atoms with Gasteiger partial charge in [-0.15, -0.1) is 0 Å². The van der Waals surface area contributed by atoms with Crippen molar-refractivity contribution in [3.05, 3.63) is 29.1 Å². The van der Waals surface area contributed by atoms with E-state index in [4.69, 9.17) is 5.26 Å². The SMILES string of the molecule is CC.CCc1c(F)ccc(C#N)c1NC. The summed E-state index contributed by atoms with van der Waals surface area (Å²) in [6.07, 6.45) is 0.581. The van der Waals surface area contributed by atoms with Crippen LogP contribution < -0.4 is 5.32 Å². The first-order chi connectivity index (χ1) is 7.24. The molecule has 0 aliphatic carbocycles. The van der Waals surface area contributed by atoms with Gasteiger partial charge < -0.3 is 5.32 Å². The van der Waals surface area contributed by atoms with E-state index in [1.807, 2.05) is 26.8 Å². The van der Waals surface area contributed by atoms with E-state index in [0.717, 1.165) is 0 Å². The van der Waals surface area contributed by atoms with Crippen LogP contribution in [-0.2, 0) is 6.42 Å². The number of nitrogens with zero attached hydrogens (tertiary/aromatic N) is 1. The van der Waals surface area contributed by atoms with Crippen LogP contribution in [0.4, 0.5) is 10.1 Å². The fourth-order valence-corrected chi connectivity index (χ4v) is 1.35. The van der Waals surface area contributed by atoms with Crippen LogP contribution in [0.15, 0.2) is 12.1 Å². The molecular weight excluding hydrogens is 191 g/mol. The lowest BCUT2D eigenvalue weighted by Crippen LogP contribution is -2.00. The minimum absolute atomic E-state index is 0.258. The minimum atomic E-state index is -0.258. The van der Waals surface area contributed by atoms with Crippen LogP contribution in [0.25, 0.3) is 0 Å². The van der Waals surface area contributed by atoms with Gasteiger partial charge in [-0.25, -0.2) is 4.39 Å². The Bertz CT molecular complexity index is 353. The van der Waals surface area contributed by atoms with Gasteiger partial charge in [0, 0.05) is 12.6 Å². The van der Waals surface area contributed by atoms with E-state index < -0.39 is 0 Å². The van der Waals surface area contributed by atoms with E-state index in [1.165, 1.54) is 12.1 Å². The lowest BCUT2D eigenvalue weighted by atomic mass is 10.1. The van der Waals surface area contributed by atoms with Crippen molar-refractivity contribution in [3.8, 4) is 6.07 Å². The van der Waals surface area contributed by atoms with Gasteiger partial charge in [0.05, 0.1) is 11.3 Å². The number of nitrogens with one attached hydrogen (secondary N) is 1. The van der Waals surface area contributed by atoms with Crippen molar-refractivity contribution in [1.82, 2.24) is 0 Å². The molecule has 0 unspecified atom stereocenters. The minimum Gasteiger partial charge on any atom is -0.387 e. The Kier molecular flexibility index (Phi) is 6.12. The smallest absolute Gasteiger partial charge is 0.128 e. The third kappa shape index (κ3) is 2.95. The number of benzene rings is 1. The van der Waals surface area contributed by atoms with Gasteiger partial charge >= 0.3 is 0 Å². The normalized spacial score (nSPS) is 8.53. The summed E-state index contributed by atoms with van der Waals surface area (Å²) < 4.78 is 13.2. The summed E-state index contributed by atoms with van der Waals surface area (Å²) in [6, 6.07) is 4.84. The molecule has 0 aromatic heterocycles. The number of hydrogen-bond donors (Lipinski definition) is 1. The molecule has 0 bridgehead atoms. The van der Waals surface area contributed by atoms with Gasteiger partial charge in [-0.3, -0.25) is 0 Å². The molecule has 3 heteroatoms. The van der Waals surface area contributed by atoms with Crippen LogP contribution in [-0.4, -0.2) is 7.05 Å². The highest BCUT2D eigenvalue weighted by Gasteiger charge is 2.09. The molecule has 0 aliphatic heterocycles. The highest BCUT2D eigenvalue weighted by atomic mass is 19.1. The summed E-state index contributed by atoms with van der Waals surface area (Å²) in [4.78, 5) is 0. The summed E-state index contributed by atoms with van der Waals surface area (Å²) in [5.41, 5.74) is 1.66. The molecule has 0 fully saturated rings. The first kappa shape index (κ1) is 13.4. The van der Waals surface area contributed by atoms with Gasteiger partial charge in [-0.2, -0.15) is 5.26 Å². The lowest BCUT2D eigenvalue weighted by molar-refractivity contribution is 0.613. The second-order valence-electron chi connectivity index (χ2n) is 2.66. The highest BCUT2D eigenvalue weighted by Crippen LogP contribution is 2.23. The van der Waals surface area contributed by atoms with Crippen LogP contribution in [0.1, 0.15) is 31.9 Å². The zero-order valence-electron chi connectivity index (χ0n) is 9.69. The largest absolute Gasteiger partial charge is 0.387 e. The molecule has 0 atom stereocenters. The predicted octanol–water partition coefficient (Wildman–Crippen LogP) is 3.33. The highest BCUT2D eigenvalue weighted by molar-refractivity contribution is 5.62. The zero-order chi connectivity index (χ0) is 11.8. The third-order valence-electron chi connectivity index (χ3n) is 1.98. The Morgan fingerprint density at radius 1 is 1.40 bits per heavy atom. The summed E-state index contributed by atoms with van der Waals surface area (Å²) in [6.45, 7) is 5.86. The van der Waals surface area contributed by atoms with Crippen LogP contribution >= 0.6 is 0 Å². The maximum absolute atomic E-state index is 13.2. The second-order valence-corrected chi connectivity index (χ2v) is 2.66. The predicted molar refractivity (Wildman–Crippen MR) is 61.4 cm³/mol. The Balaban J connectivity index is 0.000000921. The maximum atomic E-state index is 13.2. The summed E-state index contributed by atoms with van der Waals surface area (Å²) in [7, 11) is 1.69. The fraction of sp³-hybridized carbons (Fsp3) is 0.417. The van der Waals surface area contributed by atoms with Crippen molar-refractivity contribution in [2.75, 3.05) is 12.4 Å². The van der Waals surface area contributed by atoms with Crippen LogP contribution in [0.3, 0.4) is 0 Å². The molecule has 1 aromatic carbocycles. The van der Waals surface area contributed by atoms with E-state index in [2.05, 4.69) is 5.32 Å². The molecule has 82 valence electrons. The average Bonchev–Trinajstić information content (AvgIpc) is 2.31. The standard InChI is InChI=1S/C10H11FN2.C2H6/c1-3-8-9(11)5-4-7(6-12)10(8)13-2;1-2/h4-5,13H,3H2,1-2H3;1-2H3. The number of halogens is 1. The van der Waals surface area contributed by atoms with Gasteiger partial charge in [-0.1, -0.05) is 20.8 Å². The molecule has 1 N–H and O–H groups in total. The van der Waals surface area contributed by atoms with Crippen molar-refractivity contribution in [1.29, 1.82) is 5.26 Å². The van der Waals surface area contributed by atoms with Gasteiger partial charge in [0.2, 0.25) is 0 Å². The number of nitriles is 1. The van der Waals surface area contributed by atoms with Crippen molar-refractivity contribution in [2.45, 2.75) is 27.2 Å². The topological polar surface area (TPSA) is 35.8 Å². The Labute approximate surface area is 90.7 Å². The third-order valence-corrected chi connectivity index (χ3v) is 1.98. The maximum Gasteiger partial charge on any atom is 0.128 e. The van der Waals surface area contributed by atoms with E-state index >= 15 is 0 Å². The van der Waals surface area contributed by atoms with E-state index in [-0.39, 0.29) is 5.82 Å². The zero-order valence-corrected chi connectivity index (χ0v) is 9.69. The fourth-order valence-electron chi connectivity index (χ4n) is 1.35. The summed E-state index contributed by atoms with van der Waals surface area (Å²) in [5.74, 6) is -0.258. The summed E-state index contributed by atoms with van der Waals surface area (Å²) in [5, 5.41) is 11.6. The van der Waals surface area contributed by atoms with E-state index in [1.54, 1.807) is 7.05 Å². The number of anilines is 1. The molecule has 0 heterocycles. The first-order valence-corrected chi connectivity index (χ1v) is 5.13. The average molecular weight is 208 g/mol. The molecule has 0 saturated heterocycles. The molecule has 15 heavy (non-hydrogen) atoms. The monoisotopic (exact) mass is 208 g/mol. The Hall–Kier alpha value is -1.56. The molecule has 2 nitrogen and oxygen atoms in total. The van der Waals surface area contributed by atoms with Crippen molar-refractivity contribution >= 4 is 5.69 Å². The molecule has 0 radical (unpaired) electrons. The van der Waals surface area contributed by atoms with Crippen molar-refractivity contribution in [3.63, 3.8) is 0 Å². The van der Waals surface area contributed by atoms with Crippen molar-refractivity contribution < 1.29 is 4.39 Å². The molecular formula is C12H17FN2. The number of rotatable bonds is 2. The van der Waals surface area contributed by atoms with Crippen LogP contribution in [0, 0.1) is 17.1 Å². The van der Waals surface area contributed by atoms with Crippen molar-refractivity contribution in [2.24, 2.45) is 0 Å². The lowest BCUT2D eigenvalue weighted by Gasteiger charge is -2.09. The second kappa shape index (κ2) is 6.83. The van der Waals surface area contributed by atoms with Gasteiger partial charge in [0.25, 0.3) is 0 Å². The van der Waals surface area contributed by atoms with E-state index in [0.29, 0.717) is 23.2 Å². The summed E-state index contributed by atoms with van der Waals surface area (Å²) >= 11 is 0. The molecule has 0 saturated carbocycles. The Morgan fingerprint density at radius 3 is 2.40 bits per heavy atom. The first-order valence-electron chi connectivity index (χ1n) is 5.13. The molecule has 0 amide bonds. The van der Waals surface area contributed by atoms with Crippen LogP contribution in [0.5, 0.6) is 0 Å². The van der Waals surface area contributed by atoms with Crippen LogP contribution in [0.2, 0.25) is 0 Å².